The lowest BCUT2D eigenvalue weighted by molar-refractivity contribution is -0.385. The van der Waals surface area contributed by atoms with E-state index >= 15 is 0 Å². The molecule has 0 radical (unpaired) electrons. The SMILES string of the molecule is Cc1sc([C@H]2C(C#N)=C(N)OC3=C2C(=O)CCC3)cc1[N+](=O)[O-]. The van der Waals surface area contributed by atoms with Crippen LogP contribution in [0.3, 0.4) is 0 Å². The molecule has 0 spiro atoms. The first-order valence-electron chi connectivity index (χ1n) is 7.02. The number of aryl methyl sites for hydroxylation is 1. The molecule has 118 valence electrons. The topological polar surface area (TPSA) is 119 Å². The lowest BCUT2D eigenvalue weighted by Gasteiger charge is -2.30. The van der Waals surface area contributed by atoms with Gasteiger partial charge in [0.2, 0.25) is 5.88 Å². The number of nitrogens with two attached hydrogens (primary N) is 1. The van der Waals surface area contributed by atoms with Gasteiger partial charge in [-0.15, -0.1) is 11.3 Å². The summed E-state index contributed by atoms with van der Waals surface area (Å²) in [6, 6.07) is 3.42. The number of nitriles is 1. The molecule has 0 fully saturated rings. The van der Waals surface area contributed by atoms with Crippen LogP contribution in [0.2, 0.25) is 0 Å². The highest BCUT2D eigenvalue weighted by Gasteiger charge is 2.39. The van der Waals surface area contributed by atoms with E-state index in [-0.39, 0.29) is 22.9 Å². The molecule has 1 aromatic rings. The van der Waals surface area contributed by atoms with Crippen LogP contribution in [0.4, 0.5) is 5.69 Å². The van der Waals surface area contributed by atoms with Crippen molar-refractivity contribution >= 4 is 22.8 Å². The lowest BCUT2D eigenvalue weighted by Crippen LogP contribution is -2.27. The van der Waals surface area contributed by atoms with Crippen LogP contribution in [0.25, 0.3) is 0 Å². The fourth-order valence-electron chi connectivity index (χ4n) is 2.96. The molecule has 7 nitrogen and oxygen atoms in total. The van der Waals surface area contributed by atoms with E-state index in [2.05, 4.69) is 0 Å². The maximum atomic E-state index is 12.4. The minimum atomic E-state index is -0.672. The number of ether oxygens (including phenoxy) is 1. The standard InChI is InChI=1S/C15H13N3O4S/c1-7-9(18(20)21)5-12(23-7)13-8(6-16)15(17)22-11-4-2-3-10(19)14(11)13/h5,13H,2-4,17H2,1H3/t13-/m1/s1. The second-order valence-electron chi connectivity index (χ2n) is 5.39. The Morgan fingerprint density at radius 1 is 1.52 bits per heavy atom. The van der Waals surface area contributed by atoms with Crippen LogP contribution >= 0.6 is 11.3 Å². The Kier molecular flexibility index (Phi) is 3.66. The van der Waals surface area contributed by atoms with Crippen LogP contribution in [-0.2, 0) is 9.53 Å². The van der Waals surface area contributed by atoms with Crippen LogP contribution in [-0.4, -0.2) is 10.7 Å². The summed E-state index contributed by atoms with van der Waals surface area (Å²) in [5, 5.41) is 20.5. The number of carbonyl (C=O) groups is 1. The zero-order chi connectivity index (χ0) is 16.7. The molecule has 0 amide bonds. The predicted octanol–water partition coefficient (Wildman–Crippen LogP) is 2.78. The summed E-state index contributed by atoms with van der Waals surface area (Å²) in [7, 11) is 0. The molecule has 1 aliphatic carbocycles. The summed E-state index contributed by atoms with van der Waals surface area (Å²) in [5.41, 5.74) is 6.37. The molecule has 1 atom stereocenters. The van der Waals surface area contributed by atoms with Crippen LogP contribution in [0.5, 0.6) is 0 Å². The Morgan fingerprint density at radius 3 is 2.87 bits per heavy atom. The molecule has 8 heteroatoms. The van der Waals surface area contributed by atoms with Gasteiger partial charge in [-0.3, -0.25) is 14.9 Å². The summed E-state index contributed by atoms with van der Waals surface area (Å²) in [4.78, 5) is 24.1. The highest BCUT2D eigenvalue weighted by Crippen LogP contribution is 2.46. The number of nitrogens with zero attached hydrogens (tertiary/aromatic N) is 2. The summed E-state index contributed by atoms with van der Waals surface area (Å²) in [5.74, 6) is -0.310. The van der Waals surface area contributed by atoms with E-state index < -0.39 is 10.8 Å². The third-order valence-electron chi connectivity index (χ3n) is 4.00. The van der Waals surface area contributed by atoms with Crippen LogP contribution in [0, 0.1) is 28.4 Å². The molecule has 1 aliphatic heterocycles. The van der Waals surface area contributed by atoms with E-state index in [4.69, 9.17) is 10.5 Å². The average Bonchev–Trinajstić information content (AvgIpc) is 2.88. The van der Waals surface area contributed by atoms with Crippen molar-refractivity contribution in [2.75, 3.05) is 0 Å². The van der Waals surface area contributed by atoms with Crippen LogP contribution in [0.15, 0.2) is 28.9 Å². The van der Waals surface area contributed by atoms with Crippen molar-refractivity contribution in [3.05, 3.63) is 48.7 Å². The molecular weight excluding hydrogens is 318 g/mol. The van der Waals surface area contributed by atoms with E-state index in [1.54, 1.807) is 6.92 Å². The lowest BCUT2D eigenvalue weighted by atomic mass is 9.80. The minimum absolute atomic E-state index is 0.0160. The number of Topliss-reactive ketones (excluding diaryl/α,β-unsaturated/α-hetero) is 1. The monoisotopic (exact) mass is 331 g/mol. The third kappa shape index (κ3) is 2.39. The molecule has 1 aromatic heterocycles. The Labute approximate surface area is 135 Å². The Balaban J connectivity index is 2.19. The first-order chi connectivity index (χ1) is 10.9. The molecule has 23 heavy (non-hydrogen) atoms. The van der Waals surface area contributed by atoms with E-state index in [1.807, 2.05) is 6.07 Å². The molecule has 2 aliphatic rings. The van der Waals surface area contributed by atoms with Crippen molar-refractivity contribution < 1.29 is 14.5 Å². The Bertz CT molecular complexity index is 828. The fourth-order valence-corrected chi connectivity index (χ4v) is 4.07. The Hall–Kier alpha value is -2.66. The van der Waals surface area contributed by atoms with E-state index in [0.717, 1.165) is 0 Å². The first-order valence-corrected chi connectivity index (χ1v) is 7.84. The number of hydrogen-bond acceptors (Lipinski definition) is 7. The zero-order valence-corrected chi connectivity index (χ0v) is 13.1. The van der Waals surface area contributed by atoms with Gasteiger partial charge in [0, 0.05) is 29.4 Å². The van der Waals surface area contributed by atoms with Gasteiger partial charge in [0.25, 0.3) is 5.69 Å². The van der Waals surface area contributed by atoms with E-state index in [0.29, 0.717) is 40.3 Å². The van der Waals surface area contributed by atoms with Crippen molar-refractivity contribution in [3.8, 4) is 6.07 Å². The summed E-state index contributed by atoms with van der Waals surface area (Å²) < 4.78 is 5.46. The van der Waals surface area contributed by atoms with Gasteiger partial charge in [-0.25, -0.2) is 0 Å². The van der Waals surface area contributed by atoms with Crippen LogP contribution < -0.4 is 5.73 Å². The second kappa shape index (κ2) is 5.52. The van der Waals surface area contributed by atoms with Crippen molar-refractivity contribution in [1.82, 2.24) is 0 Å². The van der Waals surface area contributed by atoms with Crippen molar-refractivity contribution in [3.63, 3.8) is 0 Å². The maximum Gasteiger partial charge on any atom is 0.283 e. The number of rotatable bonds is 2. The number of hydrogen-bond donors (Lipinski definition) is 1. The van der Waals surface area contributed by atoms with Gasteiger partial charge in [0.05, 0.1) is 15.7 Å². The highest BCUT2D eigenvalue weighted by atomic mass is 32.1. The number of allylic oxidation sites excluding steroid dienone is 3. The van der Waals surface area contributed by atoms with Gasteiger partial charge in [-0.2, -0.15) is 5.26 Å². The van der Waals surface area contributed by atoms with E-state index in [1.165, 1.54) is 17.4 Å². The molecule has 0 saturated heterocycles. The summed E-state index contributed by atoms with van der Waals surface area (Å²) in [6.45, 7) is 1.64. The van der Waals surface area contributed by atoms with Gasteiger partial charge < -0.3 is 10.5 Å². The summed E-state index contributed by atoms with van der Waals surface area (Å²) >= 11 is 1.20. The second-order valence-corrected chi connectivity index (χ2v) is 6.67. The van der Waals surface area contributed by atoms with Gasteiger partial charge in [-0.1, -0.05) is 0 Å². The van der Waals surface area contributed by atoms with Crippen molar-refractivity contribution in [2.45, 2.75) is 32.1 Å². The summed E-state index contributed by atoms with van der Waals surface area (Å²) in [6.07, 6.45) is 1.62. The molecule has 0 bridgehead atoms. The molecule has 3 rings (SSSR count). The third-order valence-corrected chi connectivity index (χ3v) is 5.10. The predicted molar refractivity (Wildman–Crippen MR) is 82.2 cm³/mol. The molecule has 0 unspecified atom stereocenters. The average molecular weight is 331 g/mol. The highest BCUT2D eigenvalue weighted by molar-refractivity contribution is 7.12. The first kappa shape index (κ1) is 15.2. The van der Waals surface area contributed by atoms with Gasteiger partial charge in [-0.05, 0) is 13.3 Å². The number of thiophene rings is 1. The van der Waals surface area contributed by atoms with Crippen molar-refractivity contribution in [1.29, 1.82) is 5.26 Å². The van der Waals surface area contributed by atoms with Crippen molar-refractivity contribution in [2.24, 2.45) is 5.73 Å². The van der Waals surface area contributed by atoms with Gasteiger partial charge in [0.15, 0.2) is 5.78 Å². The van der Waals surface area contributed by atoms with Gasteiger partial charge >= 0.3 is 0 Å². The largest absolute Gasteiger partial charge is 0.444 e. The molecular formula is C15H13N3O4S. The maximum absolute atomic E-state index is 12.4. The molecule has 0 saturated carbocycles. The molecule has 0 aromatic carbocycles. The minimum Gasteiger partial charge on any atom is -0.444 e. The number of ketones is 1. The number of carbonyl (C=O) groups excluding carboxylic acids is 1. The normalized spacial score (nSPS) is 20.9. The quantitative estimate of drug-likeness (QED) is 0.657. The smallest absolute Gasteiger partial charge is 0.283 e. The van der Waals surface area contributed by atoms with Crippen LogP contribution in [0.1, 0.15) is 34.9 Å². The molecule has 2 N–H and O–H groups in total. The Morgan fingerprint density at radius 2 is 2.26 bits per heavy atom. The fraction of sp³-hybridized carbons (Fsp3) is 0.333. The zero-order valence-electron chi connectivity index (χ0n) is 12.3. The number of nitro groups is 1. The molecule has 2 heterocycles. The van der Waals surface area contributed by atoms with E-state index in [9.17, 15) is 20.2 Å². The van der Waals surface area contributed by atoms with Gasteiger partial charge in [0.1, 0.15) is 17.4 Å².